The molecule has 0 aliphatic carbocycles. The van der Waals surface area contributed by atoms with Gasteiger partial charge < -0.3 is 19.5 Å². The highest BCUT2D eigenvalue weighted by atomic mass is 16.7. The maximum absolute atomic E-state index is 5.73. The molecule has 0 amide bonds. The van der Waals surface area contributed by atoms with Crippen LogP contribution in [0.2, 0.25) is 0 Å². The van der Waals surface area contributed by atoms with Crippen LogP contribution in [0.4, 0.5) is 0 Å². The monoisotopic (exact) mass is 237 g/mol. The third-order valence-corrected chi connectivity index (χ3v) is 2.65. The first-order valence-electron chi connectivity index (χ1n) is 6.00. The van der Waals surface area contributed by atoms with Gasteiger partial charge in [-0.2, -0.15) is 0 Å². The van der Waals surface area contributed by atoms with E-state index in [0.717, 1.165) is 30.2 Å². The van der Waals surface area contributed by atoms with Gasteiger partial charge >= 0.3 is 0 Å². The molecule has 0 saturated heterocycles. The van der Waals surface area contributed by atoms with Gasteiger partial charge in [-0.15, -0.1) is 0 Å². The number of hydrogen-bond acceptors (Lipinski definition) is 4. The van der Waals surface area contributed by atoms with E-state index in [9.17, 15) is 0 Å². The van der Waals surface area contributed by atoms with Gasteiger partial charge in [0.1, 0.15) is 0 Å². The van der Waals surface area contributed by atoms with Crippen LogP contribution < -0.4 is 14.8 Å². The SMILES string of the molecule is CCNCC(C)OCc1ccc2c(c1)OCO2. The molecule has 94 valence electrons. The maximum Gasteiger partial charge on any atom is 0.231 e. The van der Waals surface area contributed by atoms with E-state index in [1.54, 1.807) is 0 Å². The number of hydrogen-bond donors (Lipinski definition) is 1. The van der Waals surface area contributed by atoms with E-state index in [1.807, 2.05) is 18.2 Å². The molecular formula is C13H19NO3. The molecule has 1 aliphatic rings. The van der Waals surface area contributed by atoms with Gasteiger partial charge in [0, 0.05) is 6.54 Å². The number of ether oxygens (including phenoxy) is 3. The van der Waals surface area contributed by atoms with E-state index < -0.39 is 0 Å². The molecule has 0 aromatic heterocycles. The Bertz CT molecular complexity index is 368. The van der Waals surface area contributed by atoms with Crippen LogP contribution in [0.1, 0.15) is 19.4 Å². The summed E-state index contributed by atoms with van der Waals surface area (Å²) in [7, 11) is 0. The van der Waals surface area contributed by atoms with Crippen LogP contribution in [0, 0.1) is 0 Å². The summed E-state index contributed by atoms with van der Waals surface area (Å²) in [5.41, 5.74) is 1.11. The van der Waals surface area contributed by atoms with Crippen molar-refractivity contribution in [2.75, 3.05) is 19.9 Å². The van der Waals surface area contributed by atoms with E-state index in [4.69, 9.17) is 14.2 Å². The lowest BCUT2D eigenvalue weighted by atomic mass is 10.2. The minimum Gasteiger partial charge on any atom is -0.454 e. The van der Waals surface area contributed by atoms with Crippen LogP contribution in [0.5, 0.6) is 11.5 Å². The highest BCUT2D eigenvalue weighted by Gasteiger charge is 2.13. The van der Waals surface area contributed by atoms with E-state index in [2.05, 4.69) is 19.2 Å². The standard InChI is InChI=1S/C13H19NO3/c1-3-14-7-10(2)15-8-11-4-5-12-13(6-11)17-9-16-12/h4-6,10,14H,3,7-9H2,1-2H3. The van der Waals surface area contributed by atoms with E-state index in [1.165, 1.54) is 0 Å². The molecule has 1 aliphatic heterocycles. The third kappa shape index (κ3) is 3.35. The predicted octanol–water partition coefficient (Wildman–Crippen LogP) is 1.93. The molecule has 4 heteroatoms. The van der Waals surface area contributed by atoms with Gasteiger partial charge in [-0.25, -0.2) is 0 Å². The van der Waals surface area contributed by atoms with Crippen molar-refractivity contribution >= 4 is 0 Å². The second-order valence-electron chi connectivity index (χ2n) is 4.12. The summed E-state index contributed by atoms with van der Waals surface area (Å²) in [6.45, 7) is 6.92. The van der Waals surface area contributed by atoms with Crippen molar-refractivity contribution in [2.24, 2.45) is 0 Å². The average Bonchev–Trinajstić information content (AvgIpc) is 2.81. The Kier molecular flexibility index (Phi) is 4.23. The lowest BCUT2D eigenvalue weighted by molar-refractivity contribution is 0.0535. The highest BCUT2D eigenvalue weighted by Crippen LogP contribution is 2.32. The topological polar surface area (TPSA) is 39.7 Å². The number of fused-ring (bicyclic) bond motifs is 1. The molecule has 1 heterocycles. The molecule has 1 N–H and O–H groups in total. The molecular weight excluding hydrogens is 218 g/mol. The maximum atomic E-state index is 5.73. The Morgan fingerprint density at radius 1 is 1.35 bits per heavy atom. The fraction of sp³-hybridized carbons (Fsp3) is 0.538. The van der Waals surface area contributed by atoms with Gasteiger partial charge in [0.2, 0.25) is 6.79 Å². The second-order valence-corrected chi connectivity index (χ2v) is 4.12. The Labute approximate surface area is 102 Å². The Morgan fingerprint density at radius 2 is 2.18 bits per heavy atom. The number of likely N-dealkylation sites (N-methyl/N-ethyl adjacent to an activating group) is 1. The summed E-state index contributed by atoms with van der Waals surface area (Å²) in [6, 6.07) is 5.91. The molecule has 0 radical (unpaired) electrons. The summed E-state index contributed by atoms with van der Waals surface area (Å²) < 4.78 is 16.3. The molecule has 0 fully saturated rings. The summed E-state index contributed by atoms with van der Waals surface area (Å²) in [5.74, 6) is 1.62. The van der Waals surface area contributed by atoms with E-state index in [-0.39, 0.29) is 6.10 Å². The summed E-state index contributed by atoms with van der Waals surface area (Å²) >= 11 is 0. The van der Waals surface area contributed by atoms with Crippen molar-refractivity contribution in [1.29, 1.82) is 0 Å². The first kappa shape index (κ1) is 12.2. The minimum atomic E-state index is 0.209. The van der Waals surface area contributed by atoms with Crippen molar-refractivity contribution < 1.29 is 14.2 Å². The van der Waals surface area contributed by atoms with Crippen LogP contribution in [0.3, 0.4) is 0 Å². The number of nitrogens with one attached hydrogen (secondary N) is 1. The lowest BCUT2D eigenvalue weighted by Gasteiger charge is -2.13. The van der Waals surface area contributed by atoms with Gasteiger partial charge in [0.15, 0.2) is 11.5 Å². The van der Waals surface area contributed by atoms with Crippen LogP contribution in [0.15, 0.2) is 18.2 Å². The van der Waals surface area contributed by atoms with Crippen molar-refractivity contribution in [3.05, 3.63) is 23.8 Å². The molecule has 1 atom stereocenters. The molecule has 0 saturated carbocycles. The summed E-state index contributed by atoms with van der Waals surface area (Å²) in [4.78, 5) is 0. The van der Waals surface area contributed by atoms with E-state index >= 15 is 0 Å². The molecule has 1 unspecified atom stereocenters. The second kappa shape index (κ2) is 5.89. The normalized spacial score (nSPS) is 14.9. The first-order valence-corrected chi connectivity index (χ1v) is 6.00. The average molecular weight is 237 g/mol. The molecule has 4 nitrogen and oxygen atoms in total. The zero-order valence-electron chi connectivity index (χ0n) is 10.4. The quantitative estimate of drug-likeness (QED) is 0.820. The minimum absolute atomic E-state index is 0.209. The Morgan fingerprint density at radius 3 is 3.00 bits per heavy atom. The van der Waals surface area contributed by atoms with Crippen LogP contribution >= 0.6 is 0 Å². The van der Waals surface area contributed by atoms with Gasteiger partial charge in [0.05, 0.1) is 12.7 Å². The van der Waals surface area contributed by atoms with Gasteiger partial charge in [0.25, 0.3) is 0 Å². The van der Waals surface area contributed by atoms with Crippen LogP contribution in [0.25, 0.3) is 0 Å². The fourth-order valence-electron chi connectivity index (χ4n) is 1.68. The zero-order valence-corrected chi connectivity index (χ0v) is 10.4. The predicted molar refractivity (Wildman–Crippen MR) is 65.4 cm³/mol. The van der Waals surface area contributed by atoms with Crippen LogP contribution in [-0.2, 0) is 11.3 Å². The Hall–Kier alpha value is -1.26. The Balaban J connectivity index is 1.83. The lowest BCUT2D eigenvalue weighted by Crippen LogP contribution is -2.26. The largest absolute Gasteiger partial charge is 0.454 e. The van der Waals surface area contributed by atoms with Crippen molar-refractivity contribution in [2.45, 2.75) is 26.6 Å². The number of benzene rings is 1. The van der Waals surface area contributed by atoms with Crippen molar-refractivity contribution in [1.82, 2.24) is 5.32 Å². The molecule has 1 aromatic rings. The smallest absolute Gasteiger partial charge is 0.231 e. The van der Waals surface area contributed by atoms with Gasteiger partial charge in [-0.05, 0) is 31.2 Å². The number of rotatable bonds is 6. The summed E-state index contributed by atoms with van der Waals surface area (Å²) in [5, 5.41) is 3.26. The zero-order chi connectivity index (χ0) is 12.1. The molecule has 0 bridgehead atoms. The van der Waals surface area contributed by atoms with Crippen LogP contribution in [-0.4, -0.2) is 26.0 Å². The van der Waals surface area contributed by atoms with Crippen molar-refractivity contribution in [3.8, 4) is 11.5 Å². The first-order chi connectivity index (χ1) is 8.29. The molecule has 0 spiro atoms. The highest BCUT2D eigenvalue weighted by molar-refractivity contribution is 5.44. The van der Waals surface area contributed by atoms with Gasteiger partial charge in [-0.3, -0.25) is 0 Å². The molecule has 2 rings (SSSR count). The molecule has 1 aromatic carbocycles. The van der Waals surface area contributed by atoms with Gasteiger partial charge in [-0.1, -0.05) is 13.0 Å². The fourth-order valence-corrected chi connectivity index (χ4v) is 1.68. The third-order valence-electron chi connectivity index (χ3n) is 2.65. The summed E-state index contributed by atoms with van der Waals surface area (Å²) in [6.07, 6.45) is 0.209. The van der Waals surface area contributed by atoms with E-state index in [0.29, 0.717) is 13.4 Å². The van der Waals surface area contributed by atoms with Crippen molar-refractivity contribution in [3.63, 3.8) is 0 Å². The molecule has 17 heavy (non-hydrogen) atoms.